The van der Waals surface area contributed by atoms with Crippen LogP contribution in [0.4, 0.5) is 17.1 Å². The minimum Gasteiger partial charge on any atom is -0.481 e. The van der Waals surface area contributed by atoms with Crippen molar-refractivity contribution in [3.8, 4) is 5.75 Å². The SMILES string of the molecule is CN(C)C(=O)c1cccc(NC(=O)COc2cc(Br)cc([N+](=O)[O-])c2N)c1. The van der Waals surface area contributed by atoms with Crippen LogP contribution >= 0.6 is 15.9 Å². The molecule has 142 valence electrons. The lowest BCUT2D eigenvalue weighted by Crippen LogP contribution is -2.23. The zero-order chi connectivity index (χ0) is 20.1. The van der Waals surface area contributed by atoms with Gasteiger partial charge in [-0.25, -0.2) is 0 Å². The summed E-state index contributed by atoms with van der Waals surface area (Å²) >= 11 is 3.13. The Labute approximate surface area is 163 Å². The second-order valence-electron chi connectivity index (χ2n) is 5.71. The van der Waals surface area contributed by atoms with Crippen LogP contribution < -0.4 is 15.8 Å². The van der Waals surface area contributed by atoms with Crippen molar-refractivity contribution in [2.24, 2.45) is 0 Å². The van der Waals surface area contributed by atoms with Gasteiger partial charge < -0.3 is 20.7 Å². The molecule has 3 N–H and O–H groups in total. The molecule has 0 aromatic heterocycles. The van der Waals surface area contributed by atoms with Crippen LogP contribution in [0.25, 0.3) is 0 Å². The highest BCUT2D eigenvalue weighted by molar-refractivity contribution is 9.10. The summed E-state index contributed by atoms with van der Waals surface area (Å²) in [6, 6.07) is 9.13. The third-order valence-electron chi connectivity index (χ3n) is 3.44. The number of nitrogens with one attached hydrogen (secondary N) is 1. The van der Waals surface area contributed by atoms with Crippen molar-refractivity contribution in [1.29, 1.82) is 0 Å². The van der Waals surface area contributed by atoms with Gasteiger partial charge in [0.05, 0.1) is 4.92 Å². The largest absolute Gasteiger partial charge is 0.481 e. The number of carbonyl (C=O) groups is 2. The first-order chi connectivity index (χ1) is 12.7. The summed E-state index contributed by atoms with van der Waals surface area (Å²) < 4.78 is 5.71. The standard InChI is InChI=1S/C17H17BrN4O5/c1-21(2)17(24)10-4-3-5-12(6-10)20-15(23)9-27-14-8-11(18)7-13(16(14)19)22(25)26/h3-8H,9,19H2,1-2H3,(H,20,23). The molecule has 0 aliphatic carbocycles. The van der Waals surface area contributed by atoms with Crippen molar-refractivity contribution in [3.63, 3.8) is 0 Å². The predicted molar refractivity (Wildman–Crippen MR) is 104 cm³/mol. The van der Waals surface area contributed by atoms with E-state index in [0.717, 1.165) is 0 Å². The van der Waals surface area contributed by atoms with E-state index in [1.165, 1.54) is 17.0 Å². The molecule has 0 radical (unpaired) electrons. The average molecular weight is 437 g/mol. The van der Waals surface area contributed by atoms with Gasteiger partial charge in [0.1, 0.15) is 0 Å². The highest BCUT2D eigenvalue weighted by atomic mass is 79.9. The number of ether oxygens (including phenoxy) is 1. The molecule has 0 atom stereocenters. The number of halogens is 1. The Morgan fingerprint density at radius 2 is 2.00 bits per heavy atom. The zero-order valence-corrected chi connectivity index (χ0v) is 16.1. The molecule has 0 aliphatic heterocycles. The van der Waals surface area contributed by atoms with Crippen LogP contribution in [0.15, 0.2) is 40.9 Å². The monoisotopic (exact) mass is 436 g/mol. The summed E-state index contributed by atoms with van der Waals surface area (Å²) in [7, 11) is 3.26. The van der Waals surface area contributed by atoms with E-state index in [4.69, 9.17) is 10.5 Å². The van der Waals surface area contributed by atoms with E-state index in [0.29, 0.717) is 15.7 Å². The smallest absolute Gasteiger partial charge is 0.297 e. The van der Waals surface area contributed by atoms with E-state index < -0.39 is 17.4 Å². The number of hydrogen-bond acceptors (Lipinski definition) is 6. The highest BCUT2D eigenvalue weighted by Gasteiger charge is 2.18. The number of nitrogens with zero attached hydrogens (tertiary/aromatic N) is 2. The van der Waals surface area contributed by atoms with Gasteiger partial charge in [-0.15, -0.1) is 0 Å². The lowest BCUT2D eigenvalue weighted by molar-refractivity contribution is -0.384. The molecule has 2 aromatic rings. The lowest BCUT2D eigenvalue weighted by Gasteiger charge is -2.12. The minimum absolute atomic E-state index is 0.0164. The number of hydrogen-bond donors (Lipinski definition) is 2. The van der Waals surface area contributed by atoms with Gasteiger partial charge in [0, 0.05) is 35.9 Å². The fourth-order valence-corrected chi connectivity index (χ4v) is 2.60. The number of nitro benzene ring substituents is 1. The second kappa shape index (κ2) is 8.49. The molecule has 9 nitrogen and oxygen atoms in total. The van der Waals surface area contributed by atoms with Crippen molar-refractivity contribution in [2.75, 3.05) is 31.8 Å². The van der Waals surface area contributed by atoms with E-state index in [1.54, 1.807) is 38.4 Å². The van der Waals surface area contributed by atoms with E-state index in [9.17, 15) is 19.7 Å². The van der Waals surface area contributed by atoms with Gasteiger partial charge in [0.25, 0.3) is 17.5 Å². The number of rotatable bonds is 6. The van der Waals surface area contributed by atoms with Crippen molar-refractivity contribution in [1.82, 2.24) is 4.90 Å². The van der Waals surface area contributed by atoms with E-state index in [2.05, 4.69) is 21.2 Å². The normalized spacial score (nSPS) is 10.2. The molecule has 0 fully saturated rings. The first kappa shape index (κ1) is 20.2. The molecular weight excluding hydrogens is 420 g/mol. The molecular formula is C17H17BrN4O5. The Hall–Kier alpha value is -3.14. The lowest BCUT2D eigenvalue weighted by atomic mass is 10.2. The predicted octanol–water partition coefficient (Wildman–Crippen LogP) is 2.66. The number of nitrogens with two attached hydrogens (primary N) is 1. The fourth-order valence-electron chi connectivity index (χ4n) is 2.18. The Bertz CT molecular complexity index is 901. The third kappa shape index (κ3) is 5.17. The van der Waals surface area contributed by atoms with E-state index in [-0.39, 0.29) is 23.0 Å². The summed E-state index contributed by atoms with van der Waals surface area (Å²) in [6.07, 6.45) is 0. The summed E-state index contributed by atoms with van der Waals surface area (Å²) in [5, 5.41) is 13.6. The van der Waals surface area contributed by atoms with Crippen LogP contribution in [0.2, 0.25) is 0 Å². The molecule has 0 saturated carbocycles. The van der Waals surface area contributed by atoms with Crippen molar-refractivity contribution >= 4 is 44.8 Å². The van der Waals surface area contributed by atoms with Crippen molar-refractivity contribution in [2.45, 2.75) is 0 Å². The Kier molecular flexibility index (Phi) is 6.35. The molecule has 0 bridgehead atoms. The Balaban J connectivity index is 2.07. The third-order valence-corrected chi connectivity index (χ3v) is 3.90. The molecule has 0 heterocycles. The molecule has 27 heavy (non-hydrogen) atoms. The highest BCUT2D eigenvalue weighted by Crippen LogP contribution is 2.35. The van der Waals surface area contributed by atoms with Gasteiger partial charge in [-0.3, -0.25) is 19.7 Å². The fraction of sp³-hybridized carbons (Fsp3) is 0.176. The molecule has 2 amide bonds. The molecule has 2 rings (SSSR count). The first-order valence-corrected chi connectivity index (χ1v) is 8.46. The van der Waals surface area contributed by atoms with Gasteiger partial charge in [-0.2, -0.15) is 0 Å². The van der Waals surface area contributed by atoms with Gasteiger partial charge in [-0.1, -0.05) is 22.0 Å². The first-order valence-electron chi connectivity index (χ1n) is 7.67. The number of benzene rings is 2. The van der Waals surface area contributed by atoms with Crippen LogP contribution in [0, 0.1) is 10.1 Å². The van der Waals surface area contributed by atoms with E-state index >= 15 is 0 Å². The Morgan fingerprint density at radius 1 is 1.30 bits per heavy atom. The molecule has 0 spiro atoms. The van der Waals surface area contributed by atoms with Crippen LogP contribution in [0.3, 0.4) is 0 Å². The van der Waals surface area contributed by atoms with Crippen molar-refractivity contribution in [3.05, 3.63) is 56.5 Å². The van der Waals surface area contributed by atoms with Crippen LogP contribution in [-0.4, -0.2) is 42.3 Å². The quantitative estimate of drug-likeness (QED) is 0.406. The topological polar surface area (TPSA) is 128 Å². The maximum Gasteiger partial charge on any atom is 0.297 e. The molecule has 10 heteroatoms. The summed E-state index contributed by atoms with van der Waals surface area (Å²) in [4.78, 5) is 35.8. The number of amides is 2. The number of carbonyl (C=O) groups excluding carboxylic acids is 2. The molecule has 2 aromatic carbocycles. The molecule has 0 aliphatic rings. The van der Waals surface area contributed by atoms with Gasteiger partial charge in [0.2, 0.25) is 0 Å². The summed E-state index contributed by atoms with van der Waals surface area (Å²) in [6.45, 7) is -0.413. The number of anilines is 2. The second-order valence-corrected chi connectivity index (χ2v) is 6.63. The van der Waals surface area contributed by atoms with E-state index in [1.807, 2.05) is 0 Å². The van der Waals surface area contributed by atoms with Gasteiger partial charge >= 0.3 is 0 Å². The summed E-state index contributed by atoms with van der Waals surface area (Å²) in [5.74, 6) is -0.689. The van der Waals surface area contributed by atoms with Crippen LogP contribution in [0.5, 0.6) is 5.75 Å². The zero-order valence-electron chi connectivity index (χ0n) is 14.6. The van der Waals surface area contributed by atoms with Gasteiger partial charge in [-0.05, 0) is 24.3 Å². The van der Waals surface area contributed by atoms with Crippen LogP contribution in [0.1, 0.15) is 10.4 Å². The maximum absolute atomic E-state index is 12.1. The minimum atomic E-state index is -0.639. The van der Waals surface area contributed by atoms with Gasteiger partial charge in [0.15, 0.2) is 18.0 Å². The molecule has 0 saturated heterocycles. The number of nitrogen functional groups attached to an aromatic ring is 1. The van der Waals surface area contributed by atoms with Crippen molar-refractivity contribution < 1.29 is 19.2 Å². The Morgan fingerprint density at radius 3 is 2.63 bits per heavy atom. The average Bonchev–Trinajstić information content (AvgIpc) is 2.61. The molecule has 0 unspecified atom stereocenters. The summed E-state index contributed by atoms with van der Waals surface area (Å²) in [5.41, 5.74) is 6.06. The maximum atomic E-state index is 12.1. The van der Waals surface area contributed by atoms with Crippen LogP contribution in [-0.2, 0) is 4.79 Å². The number of nitro groups is 1.